The summed E-state index contributed by atoms with van der Waals surface area (Å²) >= 11 is 1.64. The summed E-state index contributed by atoms with van der Waals surface area (Å²) in [7, 11) is 0. The average molecular weight is 390 g/mol. The van der Waals surface area contributed by atoms with Crippen LogP contribution in [0.3, 0.4) is 0 Å². The molecule has 0 bridgehead atoms. The van der Waals surface area contributed by atoms with Gasteiger partial charge >= 0.3 is 0 Å². The Hall–Kier alpha value is -2.41. The zero-order valence-electron chi connectivity index (χ0n) is 14.7. The van der Waals surface area contributed by atoms with Gasteiger partial charge in [0.05, 0.1) is 0 Å². The van der Waals surface area contributed by atoms with Crippen molar-refractivity contribution >= 4 is 23.6 Å². The molecule has 1 aliphatic rings. The molecule has 1 saturated heterocycles. The minimum Gasteiger partial charge on any atom is -0.339 e. The summed E-state index contributed by atoms with van der Waals surface area (Å²) in [6.07, 6.45) is 0.441. The standard InChI is InChI=1S/C20H20F2N2O2S/c21-17-7-6-15(14-18(17)22)20(26)24-11-9-23(10-12-24)19(25)8-13-27-16-4-2-1-3-5-16/h1-7,14H,8-13H2. The Morgan fingerprint density at radius 2 is 1.56 bits per heavy atom. The number of benzene rings is 2. The summed E-state index contributed by atoms with van der Waals surface area (Å²) in [6, 6.07) is 13.1. The summed E-state index contributed by atoms with van der Waals surface area (Å²) in [6.45, 7) is 1.67. The molecule has 1 aliphatic heterocycles. The van der Waals surface area contributed by atoms with Gasteiger partial charge in [-0.25, -0.2) is 8.78 Å². The van der Waals surface area contributed by atoms with E-state index in [1.165, 1.54) is 6.07 Å². The van der Waals surface area contributed by atoms with Crippen LogP contribution in [0.25, 0.3) is 0 Å². The van der Waals surface area contributed by atoms with Crippen molar-refractivity contribution in [2.24, 2.45) is 0 Å². The first-order valence-corrected chi connectivity index (χ1v) is 9.73. The van der Waals surface area contributed by atoms with Crippen molar-refractivity contribution in [2.75, 3.05) is 31.9 Å². The van der Waals surface area contributed by atoms with Gasteiger partial charge < -0.3 is 9.80 Å². The van der Waals surface area contributed by atoms with E-state index >= 15 is 0 Å². The van der Waals surface area contributed by atoms with Crippen molar-refractivity contribution in [3.05, 3.63) is 65.7 Å². The fourth-order valence-electron chi connectivity index (χ4n) is 2.90. The Balaban J connectivity index is 1.45. The third kappa shape index (κ3) is 5.07. The summed E-state index contributed by atoms with van der Waals surface area (Å²) in [5, 5.41) is 0. The van der Waals surface area contributed by atoms with Gasteiger partial charge in [-0.15, -0.1) is 11.8 Å². The molecule has 4 nitrogen and oxygen atoms in total. The molecule has 0 spiro atoms. The lowest BCUT2D eigenvalue weighted by molar-refractivity contribution is -0.132. The molecule has 2 amide bonds. The number of hydrogen-bond donors (Lipinski definition) is 0. The number of piperazine rings is 1. The van der Waals surface area contributed by atoms with Gasteiger partial charge in [0.25, 0.3) is 5.91 Å². The summed E-state index contributed by atoms with van der Waals surface area (Å²) in [5.74, 6) is -1.59. The second-order valence-corrected chi connectivity index (χ2v) is 7.38. The zero-order chi connectivity index (χ0) is 19.2. The molecule has 2 aromatic rings. The second kappa shape index (κ2) is 8.99. The minimum atomic E-state index is -1.04. The van der Waals surface area contributed by atoms with E-state index < -0.39 is 11.6 Å². The maximum atomic E-state index is 13.3. The fourth-order valence-corrected chi connectivity index (χ4v) is 3.76. The zero-order valence-corrected chi connectivity index (χ0v) is 15.6. The van der Waals surface area contributed by atoms with Crippen LogP contribution in [0.1, 0.15) is 16.8 Å². The first-order valence-electron chi connectivity index (χ1n) is 8.74. The van der Waals surface area contributed by atoms with E-state index in [0.29, 0.717) is 38.4 Å². The van der Waals surface area contributed by atoms with Crippen LogP contribution in [0, 0.1) is 11.6 Å². The highest BCUT2D eigenvalue weighted by Gasteiger charge is 2.25. The summed E-state index contributed by atoms with van der Waals surface area (Å²) in [5.41, 5.74) is 0.118. The number of carbonyl (C=O) groups excluding carboxylic acids is 2. The van der Waals surface area contributed by atoms with Crippen LogP contribution in [0.2, 0.25) is 0 Å². The van der Waals surface area contributed by atoms with Gasteiger partial charge in [-0.3, -0.25) is 9.59 Å². The number of amides is 2. The highest BCUT2D eigenvalue weighted by molar-refractivity contribution is 7.99. The quantitative estimate of drug-likeness (QED) is 0.735. The van der Waals surface area contributed by atoms with Gasteiger partial charge in [-0.05, 0) is 30.3 Å². The van der Waals surface area contributed by atoms with Crippen LogP contribution >= 0.6 is 11.8 Å². The Morgan fingerprint density at radius 1 is 0.889 bits per heavy atom. The Morgan fingerprint density at radius 3 is 2.22 bits per heavy atom. The third-order valence-electron chi connectivity index (χ3n) is 4.41. The smallest absolute Gasteiger partial charge is 0.254 e. The Kier molecular flexibility index (Phi) is 6.45. The molecule has 0 saturated carbocycles. The lowest BCUT2D eigenvalue weighted by atomic mass is 10.1. The van der Waals surface area contributed by atoms with Crippen molar-refractivity contribution in [3.8, 4) is 0 Å². The predicted molar refractivity (Wildman–Crippen MR) is 101 cm³/mol. The second-order valence-electron chi connectivity index (χ2n) is 6.21. The van der Waals surface area contributed by atoms with E-state index in [-0.39, 0.29) is 17.4 Å². The van der Waals surface area contributed by atoms with E-state index in [2.05, 4.69) is 0 Å². The molecule has 27 heavy (non-hydrogen) atoms. The maximum absolute atomic E-state index is 13.3. The molecule has 0 aliphatic carbocycles. The number of halogens is 2. The van der Waals surface area contributed by atoms with Crippen LogP contribution in [0.15, 0.2) is 53.4 Å². The maximum Gasteiger partial charge on any atom is 0.254 e. The molecular weight excluding hydrogens is 370 g/mol. The van der Waals surface area contributed by atoms with Gasteiger partial charge in [-0.1, -0.05) is 18.2 Å². The van der Waals surface area contributed by atoms with E-state index in [1.807, 2.05) is 30.3 Å². The van der Waals surface area contributed by atoms with Crippen LogP contribution < -0.4 is 0 Å². The topological polar surface area (TPSA) is 40.6 Å². The average Bonchev–Trinajstić information content (AvgIpc) is 2.70. The number of hydrogen-bond acceptors (Lipinski definition) is 3. The molecule has 2 aromatic carbocycles. The van der Waals surface area contributed by atoms with Crippen molar-refractivity contribution in [1.29, 1.82) is 0 Å². The van der Waals surface area contributed by atoms with Crippen molar-refractivity contribution < 1.29 is 18.4 Å². The van der Waals surface area contributed by atoms with Crippen LogP contribution in [-0.2, 0) is 4.79 Å². The van der Waals surface area contributed by atoms with Crippen LogP contribution in [0.5, 0.6) is 0 Å². The molecule has 0 atom stereocenters. The molecule has 0 unspecified atom stereocenters. The molecular formula is C20H20F2N2O2S. The summed E-state index contributed by atoms with van der Waals surface area (Å²) < 4.78 is 26.3. The Labute approximate surface area is 161 Å². The first-order chi connectivity index (χ1) is 13.0. The lowest BCUT2D eigenvalue weighted by Crippen LogP contribution is -2.50. The van der Waals surface area contributed by atoms with Gasteiger partial charge in [0.15, 0.2) is 11.6 Å². The Bertz CT molecular complexity index is 809. The minimum absolute atomic E-state index is 0.0679. The molecule has 0 radical (unpaired) electrons. The highest BCUT2D eigenvalue weighted by Crippen LogP contribution is 2.19. The summed E-state index contributed by atoms with van der Waals surface area (Å²) in [4.78, 5) is 29.2. The van der Waals surface area contributed by atoms with Crippen LogP contribution in [-0.4, -0.2) is 53.5 Å². The van der Waals surface area contributed by atoms with Crippen molar-refractivity contribution in [2.45, 2.75) is 11.3 Å². The molecule has 3 rings (SSSR count). The van der Waals surface area contributed by atoms with E-state index in [4.69, 9.17) is 0 Å². The predicted octanol–water partition coefficient (Wildman–Crippen LogP) is 3.43. The van der Waals surface area contributed by atoms with Gasteiger partial charge in [0.2, 0.25) is 5.91 Å². The number of carbonyl (C=O) groups is 2. The number of nitrogens with zero attached hydrogens (tertiary/aromatic N) is 2. The SMILES string of the molecule is O=C(CCSc1ccccc1)N1CCN(C(=O)c2ccc(F)c(F)c2)CC1. The molecule has 0 N–H and O–H groups in total. The van der Waals surface area contributed by atoms with E-state index in [9.17, 15) is 18.4 Å². The van der Waals surface area contributed by atoms with Crippen molar-refractivity contribution in [1.82, 2.24) is 9.80 Å². The number of rotatable bonds is 5. The molecule has 1 fully saturated rings. The first kappa shape index (κ1) is 19.4. The fraction of sp³-hybridized carbons (Fsp3) is 0.300. The molecule has 7 heteroatoms. The normalized spacial score (nSPS) is 14.3. The molecule has 1 heterocycles. The van der Waals surface area contributed by atoms with E-state index in [1.54, 1.807) is 21.6 Å². The van der Waals surface area contributed by atoms with Crippen molar-refractivity contribution in [3.63, 3.8) is 0 Å². The van der Waals surface area contributed by atoms with Gasteiger partial charge in [-0.2, -0.15) is 0 Å². The van der Waals surface area contributed by atoms with Crippen LogP contribution in [0.4, 0.5) is 8.78 Å². The van der Waals surface area contributed by atoms with E-state index in [0.717, 1.165) is 17.0 Å². The monoisotopic (exact) mass is 390 g/mol. The van der Waals surface area contributed by atoms with Gasteiger partial charge in [0, 0.05) is 48.8 Å². The largest absolute Gasteiger partial charge is 0.339 e. The molecule has 0 aromatic heterocycles. The number of thioether (sulfide) groups is 1. The third-order valence-corrected chi connectivity index (χ3v) is 5.43. The van der Waals surface area contributed by atoms with Gasteiger partial charge in [0.1, 0.15) is 0 Å². The highest BCUT2D eigenvalue weighted by atomic mass is 32.2. The molecule has 142 valence electrons. The lowest BCUT2D eigenvalue weighted by Gasteiger charge is -2.35.